The summed E-state index contributed by atoms with van der Waals surface area (Å²) < 4.78 is 0. The van der Waals surface area contributed by atoms with Crippen molar-refractivity contribution >= 4 is 11.8 Å². The van der Waals surface area contributed by atoms with Crippen LogP contribution in [0.2, 0.25) is 0 Å². The van der Waals surface area contributed by atoms with Gasteiger partial charge in [-0.15, -0.1) is 0 Å². The molecule has 0 spiro atoms. The van der Waals surface area contributed by atoms with Crippen molar-refractivity contribution in [3.63, 3.8) is 0 Å². The molecule has 0 radical (unpaired) electrons. The summed E-state index contributed by atoms with van der Waals surface area (Å²) in [6.07, 6.45) is 1.82. The van der Waals surface area contributed by atoms with E-state index >= 15 is 0 Å². The van der Waals surface area contributed by atoms with Crippen molar-refractivity contribution in [2.75, 3.05) is 0 Å². The van der Waals surface area contributed by atoms with Gasteiger partial charge in [0, 0.05) is 5.56 Å². The Morgan fingerprint density at radius 3 is 2.20 bits per heavy atom. The first-order valence-electron chi connectivity index (χ1n) is 4.96. The van der Waals surface area contributed by atoms with Crippen LogP contribution in [-0.4, -0.2) is 5.11 Å². The maximum absolute atomic E-state index is 9.43. The van der Waals surface area contributed by atoms with Gasteiger partial charge in [-0.25, -0.2) is 0 Å². The minimum Gasteiger partial charge on any atom is -0.507 e. The fourth-order valence-electron chi connectivity index (χ4n) is 1.95. The molecule has 0 amide bonds. The summed E-state index contributed by atoms with van der Waals surface area (Å²) in [5.74, 6) is 0.391. The van der Waals surface area contributed by atoms with Gasteiger partial charge in [-0.1, -0.05) is 48.5 Å². The average Bonchev–Trinajstić information content (AvgIpc) is 2.29. The fraction of sp³-hybridized carbons (Fsp3) is 0. The second-order valence-electron chi connectivity index (χ2n) is 3.66. The van der Waals surface area contributed by atoms with E-state index in [0.717, 1.165) is 11.1 Å². The van der Waals surface area contributed by atoms with E-state index in [0.29, 0.717) is 5.76 Å². The Hall–Kier alpha value is -2.02. The standard InChI is InChI=1S/C14H10O/c15-14-9-13-11(7-4-8-12(13)14)10-5-2-1-3-6-10/h1-9,15H. The Kier molecular flexibility index (Phi) is 1.65. The maximum atomic E-state index is 9.43. The molecule has 1 nitrogen and oxygen atoms in total. The molecule has 0 fully saturated rings. The van der Waals surface area contributed by atoms with Crippen molar-refractivity contribution in [1.82, 2.24) is 0 Å². The summed E-state index contributed by atoms with van der Waals surface area (Å²) in [7, 11) is 0. The number of benzene rings is 2. The van der Waals surface area contributed by atoms with Crippen molar-refractivity contribution in [1.29, 1.82) is 0 Å². The quantitative estimate of drug-likeness (QED) is 0.733. The Bertz CT molecular complexity index is 539. The molecule has 15 heavy (non-hydrogen) atoms. The van der Waals surface area contributed by atoms with E-state index in [1.54, 1.807) is 0 Å². The summed E-state index contributed by atoms with van der Waals surface area (Å²) in [4.78, 5) is 0. The lowest BCUT2D eigenvalue weighted by Gasteiger charge is -2.18. The highest BCUT2D eigenvalue weighted by Crippen LogP contribution is 2.37. The van der Waals surface area contributed by atoms with E-state index in [4.69, 9.17) is 0 Å². The van der Waals surface area contributed by atoms with Crippen LogP contribution in [0.5, 0.6) is 0 Å². The predicted molar refractivity (Wildman–Crippen MR) is 62.4 cm³/mol. The van der Waals surface area contributed by atoms with Gasteiger partial charge < -0.3 is 5.11 Å². The van der Waals surface area contributed by atoms with E-state index in [1.807, 2.05) is 36.4 Å². The van der Waals surface area contributed by atoms with Crippen LogP contribution in [0.3, 0.4) is 0 Å². The topological polar surface area (TPSA) is 20.2 Å². The van der Waals surface area contributed by atoms with Gasteiger partial charge >= 0.3 is 0 Å². The molecule has 0 aromatic heterocycles. The first-order valence-corrected chi connectivity index (χ1v) is 4.96. The van der Waals surface area contributed by atoms with Crippen molar-refractivity contribution in [2.24, 2.45) is 0 Å². The molecule has 0 heterocycles. The van der Waals surface area contributed by atoms with Crippen LogP contribution in [0.1, 0.15) is 11.1 Å². The third kappa shape index (κ3) is 1.17. The van der Waals surface area contributed by atoms with E-state index in [1.165, 1.54) is 11.1 Å². The zero-order valence-corrected chi connectivity index (χ0v) is 8.14. The Morgan fingerprint density at radius 2 is 1.47 bits per heavy atom. The smallest absolute Gasteiger partial charge is 0.124 e. The largest absolute Gasteiger partial charge is 0.507 e. The lowest BCUT2D eigenvalue weighted by molar-refractivity contribution is 0.511. The highest BCUT2D eigenvalue weighted by molar-refractivity contribution is 5.97. The highest BCUT2D eigenvalue weighted by atomic mass is 16.3. The molecule has 0 atom stereocenters. The normalized spacial score (nSPS) is 12.7. The molecule has 0 unspecified atom stereocenters. The van der Waals surface area contributed by atoms with Crippen molar-refractivity contribution < 1.29 is 5.11 Å². The molecule has 1 heteroatoms. The van der Waals surface area contributed by atoms with Gasteiger partial charge in [0.2, 0.25) is 0 Å². The third-order valence-electron chi connectivity index (χ3n) is 2.75. The Balaban J connectivity index is 2.18. The Morgan fingerprint density at radius 1 is 0.733 bits per heavy atom. The van der Waals surface area contributed by atoms with Crippen LogP contribution in [0.15, 0.2) is 48.5 Å². The summed E-state index contributed by atoms with van der Waals surface area (Å²) in [6, 6.07) is 16.2. The lowest BCUT2D eigenvalue weighted by atomic mass is 9.88. The molecule has 1 aliphatic rings. The molecule has 72 valence electrons. The van der Waals surface area contributed by atoms with Crippen LogP contribution in [0.25, 0.3) is 23.0 Å². The first-order chi connectivity index (χ1) is 7.36. The number of aliphatic hydroxyl groups excluding tert-OH is 1. The van der Waals surface area contributed by atoms with Crippen molar-refractivity contribution in [2.45, 2.75) is 0 Å². The molecule has 1 N–H and O–H groups in total. The Labute approximate surface area is 88.3 Å². The number of hydrogen-bond acceptors (Lipinski definition) is 1. The number of fused-ring (bicyclic) bond motifs is 1. The van der Waals surface area contributed by atoms with E-state index in [9.17, 15) is 5.11 Å². The van der Waals surface area contributed by atoms with Crippen LogP contribution in [0, 0.1) is 0 Å². The fourth-order valence-corrected chi connectivity index (χ4v) is 1.95. The van der Waals surface area contributed by atoms with Gasteiger partial charge in [0.15, 0.2) is 0 Å². The van der Waals surface area contributed by atoms with Gasteiger partial charge in [-0.2, -0.15) is 0 Å². The second kappa shape index (κ2) is 2.99. The van der Waals surface area contributed by atoms with Gasteiger partial charge in [0.1, 0.15) is 5.76 Å². The summed E-state index contributed by atoms with van der Waals surface area (Å²) in [6.45, 7) is 0. The third-order valence-corrected chi connectivity index (χ3v) is 2.75. The van der Waals surface area contributed by atoms with Gasteiger partial charge in [-0.3, -0.25) is 0 Å². The van der Waals surface area contributed by atoms with E-state index < -0.39 is 0 Å². The molecule has 0 saturated heterocycles. The van der Waals surface area contributed by atoms with E-state index in [-0.39, 0.29) is 0 Å². The van der Waals surface area contributed by atoms with Gasteiger partial charge in [-0.05, 0) is 22.8 Å². The molecule has 2 aromatic rings. The number of rotatable bonds is 1. The molecule has 3 rings (SSSR count). The van der Waals surface area contributed by atoms with Gasteiger partial charge in [0.25, 0.3) is 0 Å². The molecule has 0 bridgehead atoms. The molecule has 0 aliphatic heterocycles. The van der Waals surface area contributed by atoms with Crippen molar-refractivity contribution in [3.05, 3.63) is 59.7 Å². The SMILES string of the molecule is OC1=Cc2c1cccc2-c1ccccc1. The number of hydrogen-bond donors (Lipinski definition) is 1. The predicted octanol–water partition coefficient (Wildman–Crippen LogP) is 3.72. The zero-order valence-electron chi connectivity index (χ0n) is 8.14. The minimum absolute atomic E-state index is 0.391. The molecule has 2 aromatic carbocycles. The molecule has 0 saturated carbocycles. The minimum atomic E-state index is 0.391. The monoisotopic (exact) mass is 194 g/mol. The van der Waals surface area contributed by atoms with Crippen molar-refractivity contribution in [3.8, 4) is 11.1 Å². The van der Waals surface area contributed by atoms with Crippen LogP contribution >= 0.6 is 0 Å². The van der Waals surface area contributed by atoms with Crippen LogP contribution in [0.4, 0.5) is 0 Å². The van der Waals surface area contributed by atoms with E-state index in [2.05, 4.69) is 18.2 Å². The maximum Gasteiger partial charge on any atom is 0.124 e. The molecule has 1 aliphatic carbocycles. The van der Waals surface area contributed by atoms with Crippen LogP contribution in [-0.2, 0) is 0 Å². The molecular formula is C14H10O. The second-order valence-corrected chi connectivity index (χ2v) is 3.66. The summed E-state index contributed by atoms with van der Waals surface area (Å²) in [5.41, 5.74) is 4.47. The summed E-state index contributed by atoms with van der Waals surface area (Å²) >= 11 is 0. The zero-order chi connectivity index (χ0) is 10.3. The average molecular weight is 194 g/mol. The lowest BCUT2D eigenvalue weighted by Crippen LogP contribution is -1.99. The first kappa shape index (κ1) is 8.30. The summed E-state index contributed by atoms with van der Waals surface area (Å²) in [5, 5.41) is 9.43. The van der Waals surface area contributed by atoms with Gasteiger partial charge in [0.05, 0.1) is 0 Å². The number of aliphatic hydroxyl groups is 1. The van der Waals surface area contributed by atoms with Crippen LogP contribution < -0.4 is 0 Å². The highest BCUT2D eigenvalue weighted by Gasteiger charge is 2.18. The molecular weight excluding hydrogens is 184 g/mol.